The first kappa shape index (κ1) is 10.5. The predicted molar refractivity (Wildman–Crippen MR) is 65.4 cm³/mol. The average Bonchev–Trinajstić information content (AvgIpc) is 2.70. The fourth-order valence-corrected chi connectivity index (χ4v) is 2.16. The summed E-state index contributed by atoms with van der Waals surface area (Å²) in [6, 6.07) is 8.66. The summed E-state index contributed by atoms with van der Waals surface area (Å²) in [5.41, 5.74) is 2.48. The smallest absolute Gasteiger partial charge is 0.0457 e. The number of nitrogens with one attached hydrogen (secondary N) is 2. The topological polar surface area (TPSA) is 27.8 Å². The zero-order valence-corrected chi connectivity index (χ0v) is 9.51. The highest BCUT2D eigenvalue weighted by molar-refractivity contribution is 6.17. The molecule has 15 heavy (non-hydrogen) atoms. The van der Waals surface area contributed by atoms with Crippen molar-refractivity contribution in [2.24, 2.45) is 0 Å². The Balaban J connectivity index is 2.41. The molecule has 0 aliphatic rings. The molecule has 0 bridgehead atoms. The first-order chi connectivity index (χ1) is 7.36. The second-order valence-electron chi connectivity index (χ2n) is 3.61. The molecule has 2 N–H and O–H groups in total. The summed E-state index contributed by atoms with van der Waals surface area (Å²) >= 11 is 5.79. The van der Waals surface area contributed by atoms with Crippen LogP contribution < -0.4 is 5.32 Å². The molecule has 0 aliphatic heterocycles. The highest BCUT2D eigenvalue weighted by Gasteiger charge is 2.12. The summed E-state index contributed by atoms with van der Waals surface area (Å²) in [5.74, 6) is 0.672. The number of hydrogen-bond acceptors (Lipinski definition) is 1. The SMILES string of the molecule is CNC(CCCl)c1c[nH]c2ccccc12. The molecule has 0 saturated carbocycles. The summed E-state index contributed by atoms with van der Waals surface area (Å²) in [4.78, 5) is 3.28. The second kappa shape index (κ2) is 4.69. The van der Waals surface area contributed by atoms with Gasteiger partial charge >= 0.3 is 0 Å². The van der Waals surface area contributed by atoms with Crippen LogP contribution >= 0.6 is 11.6 Å². The van der Waals surface area contributed by atoms with E-state index in [2.05, 4.69) is 34.7 Å². The van der Waals surface area contributed by atoms with Gasteiger partial charge in [-0.3, -0.25) is 0 Å². The Labute approximate surface area is 94.6 Å². The molecule has 0 aliphatic carbocycles. The number of halogens is 1. The zero-order valence-electron chi connectivity index (χ0n) is 8.76. The normalized spacial score (nSPS) is 13.2. The van der Waals surface area contributed by atoms with E-state index in [0.717, 1.165) is 6.42 Å². The number of fused-ring (bicyclic) bond motifs is 1. The minimum Gasteiger partial charge on any atom is -0.361 e. The Kier molecular flexibility index (Phi) is 3.29. The minimum atomic E-state index is 0.332. The van der Waals surface area contributed by atoms with Crippen LogP contribution in [-0.4, -0.2) is 17.9 Å². The Morgan fingerprint density at radius 3 is 2.93 bits per heavy atom. The van der Waals surface area contributed by atoms with Crippen LogP contribution in [0.3, 0.4) is 0 Å². The van der Waals surface area contributed by atoms with E-state index < -0.39 is 0 Å². The Morgan fingerprint density at radius 2 is 2.20 bits per heavy atom. The van der Waals surface area contributed by atoms with E-state index in [1.165, 1.54) is 16.5 Å². The van der Waals surface area contributed by atoms with Gasteiger partial charge in [-0.1, -0.05) is 18.2 Å². The van der Waals surface area contributed by atoms with Crippen LogP contribution in [0.15, 0.2) is 30.5 Å². The lowest BCUT2D eigenvalue weighted by atomic mass is 10.0. The molecule has 2 nitrogen and oxygen atoms in total. The van der Waals surface area contributed by atoms with Crippen molar-refractivity contribution in [2.75, 3.05) is 12.9 Å². The third-order valence-corrected chi connectivity index (χ3v) is 2.96. The maximum absolute atomic E-state index is 5.79. The lowest BCUT2D eigenvalue weighted by molar-refractivity contribution is 0.584. The summed E-state index contributed by atoms with van der Waals surface area (Å²) in [5, 5.41) is 4.57. The molecule has 80 valence electrons. The molecule has 0 radical (unpaired) electrons. The van der Waals surface area contributed by atoms with Crippen LogP contribution in [0.4, 0.5) is 0 Å². The van der Waals surface area contributed by atoms with Crippen LogP contribution in [0.5, 0.6) is 0 Å². The molecular weight excluding hydrogens is 208 g/mol. The molecule has 1 aromatic carbocycles. The van der Waals surface area contributed by atoms with E-state index in [-0.39, 0.29) is 0 Å². The van der Waals surface area contributed by atoms with Crippen LogP contribution in [-0.2, 0) is 0 Å². The van der Waals surface area contributed by atoms with Crippen molar-refractivity contribution in [3.05, 3.63) is 36.0 Å². The molecule has 2 rings (SSSR count). The molecule has 1 heterocycles. The zero-order chi connectivity index (χ0) is 10.7. The fraction of sp³-hybridized carbons (Fsp3) is 0.333. The van der Waals surface area contributed by atoms with Crippen LogP contribution in [0.25, 0.3) is 10.9 Å². The molecule has 2 aromatic rings. The van der Waals surface area contributed by atoms with Gasteiger partial charge in [-0.05, 0) is 25.1 Å². The monoisotopic (exact) mass is 222 g/mol. The number of hydrogen-bond donors (Lipinski definition) is 2. The Hall–Kier alpha value is -0.990. The van der Waals surface area contributed by atoms with Crippen molar-refractivity contribution in [1.82, 2.24) is 10.3 Å². The van der Waals surface area contributed by atoms with Gasteiger partial charge in [0.2, 0.25) is 0 Å². The van der Waals surface area contributed by atoms with Crippen LogP contribution in [0, 0.1) is 0 Å². The molecule has 1 unspecified atom stereocenters. The number of rotatable bonds is 4. The minimum absolute atomic E-state index is 0.332. The standard InChI is InChI=1S/C12H15ClN2/c1-14-11(6-7-13)10-8-15-12-5-3-2-4-9(10)12/h2-5,8,11,14-15H,6-7H2,1H3. The van der Waals surface area contributed by atoms with Crippen molar-refractivity contribution < 1.29 is 0 Å². The van der Waals surface area contributed by atoms with Gasteiger partial charge in [0.1, 0.15) is 0 Å². The molecule has 1 aromatic heterocycles. The molecule has 0 spiro atoms. The van der Waals surface area contributed by atoms with Crippen molar-refractivity contribution in [3.63, 3.8) is 0 Å². The first-order valence-corrected chi connectivity index (χ1v) is 5.69. The summed E-state index contributed by atoms with van der Waals surface area (Å²) < 4.78 is 0. The predicted octanol–water partition coefficient (Wildman–Crippen LogP) is 3.06. The number of aromatic amines is 1. The maximum Gasteiger partial charge on any atom is 0.0457 e. The van der Waals surface area contributed by atoms with Crippen LogP contribution in [0.2, 0.25) is 0 Å². The van der Waals surface area contributed by atoms with E-state index in [9.17, 15) is 0 Å². The van der Waals surface area contributed by atoms with Crippen molar-refractivity contribution in [2.45, 2.75) is 12.5 Å². The summed E-state index contributed by atoms with van der Waals surface area (Å²) in [6.45, 7) is 0. The van der Waals surface area contributed by atoms with Gasteiger partial charge in [-0.25, -0.2) is 0 Å². The number of alkyl halides is 1. The van der Waals surface area contributed by atoms with E-state index >= 15 is 0 Å². The van der Waals surface area contributed by atoms with Gasteiger partial charge in [0.05, 0.1) is 0 Å². The lowest BCUT2D eigenvalue weighted by Crippen LogP contribution is -2.16. The van der Waals surface area contributed by atoms with E-state index in [1.54, 1.807) is 0 Å². The van der Waals surface area contributed by atoms with E-state index in [1.807, 2.05) is 13.1 Å². The summed E-state index contributed by atoms with van der Waals surface area (Å²) in [7, 11) is 1.97. The number of para-hydroxylation sites is 1. The van der Waals surface area contributed by atoms with Gasteiger partial charge in [0.25, 0.3) is 0 Å². The highest BCUT2D eigenvalue weighted by Crippen LogP contribution is 2.25. The third-order valence-electron chi connectivity index (χ3n) is 2.74. The first-order valence-electron chi connectivity index (χ1n) is 5.16. The number of H-pyrrole nitrogens is 1. The van der Waals surface area contributed by atoms with Crippen LogP contribution in [0.1, 0.15) is 18.0 Å². The molecule has 0 saturated heterocycles. The fourth-order valence-electron chi connectivity index (χ4n) is 1.95. The average molecular weight is 223 g/mol. The second-order valence-corrected chi connectivity index (χ2v) is 3.99. The quantitative estimate of drug-likeness (QED) is 0.765. The third kappa shape index (κ3) is 2.01. The van der Waals surface area contributed by atoms with E-state index in [0.29, 0.717) is 11.9 Å². The number of benzene rings is 1. The largest absolute Gasteiger partial charge is 0.361 e. The highest BCUT2D eigenvalue weighted by atomic mass is 35.5. The Morgan fingerprint density at radius 1 is 1.40 bits per heavy atom. The Bertz CT molecular complexity index is 436. The van der Waals surface area contributed by atoms with E-state index in [4.69, 9.17) is 11.6 Å². The number of aromatic nitrogens is 1. The van der Waals surface area contributed by atoms with Gasteiger partial charge in [-0.15, -0.1) is 11.6 Å². The molecule has 3 heteroatoms. The van der Waals surface area contributed by atoms with Gasteiger partial charge in [0.15, 0.2) is 0 Å². The lowest BCUT2D eigenvalue weighted by Gasteiger charge is -2.13. The van der Waals surface area contributed by atoms with Gasteiger partial charge in [0, 0.05) is 29.0 Å². The van der Waals surface area contributed by atoms with Crippen molar-refractivity contribution in [1.29, 1.82) is 0 Å². The molecule has 0 fully saturated rings. The molecular formula is C12H15ClN2. The van der Waals surface area contributed by atoms with Crippen molar-refractivity contribution in [3.8, 4) is 0 Å². The van der Waals surface area contributed by atoms with Crippen molar-refractivity contribution >= 4 is 22.5 Å². The summed E-state index contributed by atoms with van der Waals surface area (Å²) in [6.07, 6.45) is 3.01. The molecule has 1 atom stereocenters. The van der Waals surface area contributed by atoms with Gasteiger partial charge in [-0.2, -0.15) is 0 Å². The maximum atomic E-state index is 5.79. The van der Waals surface area contributed by atoms with Gasteiger partial charge < -0.3 is 10.3 Å². The molecule has 0 amide bonds.